The zero-order valence-corrected chi connectivity index (χ0v) is 7.94. The summed E-state index contributed by atoms with van der Waals surface area (Å²) in [5.41, 5.74) is 10.4. The van der Waals surface area contributed by atoms with E-state index in [0.29, 0.717) is 6.42 Å². The van der Waals surface area contributed by atoms with Gasteiger partial charge in [-0.05, 0) is 12.8 Å². The predicted molar refractivity (Wildman–Crippen MR) is 45.0 cm³/mol. The molecule has 5 N–H and O–H groups in total. The minimum Gasteiger partial charge on any atom is -0.594 e. The van der Waals surface area contributed by atoms with Gasteiger partial charge in [-0.3, -0.25) is 10.5 Å². The van der Waals surface area contributed by atoms with Gasteiger partial charge in [-0.15, -0.1) is 0 Å². The molecule has 2 unspecified atom stereocenters. The summed E-state index contributed by atoms with van der Waals surface area (Å²) < 4.78 is 10.3. The molecule has 7 heteroatoms. The van der Waals surface area contributed by atoms with Crippen LogP contribution in [0.2, 0.25) is 0 Å². The Morgan fingerprint density at radius 2 is 2.00 bits per heavy atom. The van der Waals surface area contributed by atoms with Crippen LogP contribution in [0, 0.1) is 0 Å². The zero-order valence-electron chi connectivity index (χ0n) is 7.05. The number of hydrogen-bond donors (Lipinski definition) is 3. The van der Waals surface area contributed by atoms with E-state index in [1.165, 1.54) is 0 Å². The van der Waals surface area contributed by atoms with E-state index in [0.717, 1.165) is 0 Å². The third-order valence-electron chi connectivity index (χ3n) is 1.60. The Labute approximate surface area is 76.8 Å². The van der Waals surface area contributed by atoms with Gasteiger partial charge in [0.2, 0.25) is 5.78 Å². The molecule has 0 aliphatic rings. The van der Waals surface area contributed by atoms with Crippen LogP contribution in [0.3, 0.4) is 0 Å². The highest BCUT2D eigenvalue weighted by Gasteiger charge is 2.17. The zero-order chi connectivity index (χ0) is 10.4. The molecule has 0 saturated heterocycles. The van der Waals surface area contributed by atoms with Gasteiger partial charge in [-0.1, -0.05) is 4.57 Å². The molecular formula is C6H13N2O4P. The molecule has 0 aromatic carbocycles. The number of nitrogens with two attached hydrogens (primary N) is 2. The van der Waals surface area contributed by atoms with Crippen molar-refractivity contribution in [3.63, 3.8) is 0 Å². The lowest BCUT2D eigenvalue weighted by Gasteiger charge is -2.06. The summed E-state index contributed by atoms with van der Waals surface area (Å²) in [5, 5.41) is 8.38. The van der Waals surface area contributed by atoms with E-state index in [2.05, 4.69) is 0 Å². The standard InChI is InChI=1S/C6H13N2O4P/c7-4(6(9)10)2-1-3-5(8)13(11)12/h4-5H,1-3,7-8H2,(H,9,10)/t4-,5?/m0/s1. The van der Waals surface area contributed by atoms with Gasteiger partial charge in [-0.25, -0.2) is 0 Å². The lowest BCUT2D eigenvalue weighted by atomic mass is 10.1. The molecule has 6 nitrogen and oxygen atoms in total. The van der Waals surface area contributed by atoms with Crippen molar-refractivity contribution in [3.05, 3.63) is 0 Å². The van der Waals surface area contributed by atoms with Crippen molar-refractivity contribution in [2.24, 2.45) is 11.5 Å². The second kappa shape index (κ2) is 5.99. The molecule has 13 heavy (non-hydrogen) atoms. The first-order valence-electron chi connectivity index (χ1n) is 3.82. The molecular weight excluding hydrogens is 195 g/mol. The van der Waals surface area contributed by atoms with Gasteiger partial charge >= 0.3 is 14.0 Å². The van der Waals surface area contributed by atoms with Crippen LogP contribution in [0.1, 0.15) is 19.3 Å². The highest BCUT2D eigenvalue weighted by molar-refractivity contribution is 7.37. The molecule has 0 aromatic heterocycles. The van der Waals surface area contributed by atoms with Crippen LogP contribution in [-0.4, -0.2) is 22.9 Å². The summed E-state index contributed by atoms with van der Waals surface area (Å²) in [6.45, 7) is 0. The third-order valence-corrected chi connectivity index (χ3v) is 2.40. The quantitative estimate of drug-likeness (QED) is 0.478. The Kier molecular flexibility index (Phi) is 5.73. The highest BCUT2D eigenvalue weighted by Crippen LogP contribution is 2.17. The summed E-state index contributed by atoms with van der Waals surface area (Å²) in [6.07, 6.45) is 0.893. The van der Waals surface area contributed by atoms with E-state index in [4.69, 9.17) is 16.6 Å². The summed E-state index contributed by atoms with van der Waals surface area (Å²) in [4.78, 5) is 20.5. The first-order valence-corrected chi connectivity index (χ1v) is 5.07. The fraction of sp³-hybridized carbons (Fsp3) is 0.833. The van der Waals surface area contributed by atoms with Crippen LogP contribution in [-0.2, 0) is 9.36 Å². The fourth-order valence-corrected chi connectivity index (χ4v) is 1.17. The summed E-state index contributed by atoms with van der Waals surface area (Å²) in [5.74, 6) is -1.98. The van der Waals surface area contributed by atoms with Crippen LogP contribution in [0.5, 0.6) is 0 Å². The molecule has 0 aliphatic carbocycles. The minimum absolute atomic E-state index is 0.242. The number of hydrogen-bond acceptors (Lipinski definition) is 5. The van der Waals surface area contributed by atoms with Gasteiger partial charge in [0.15, 0.2) is 0 Å². The Hall–Kier alpha value is -0.550. The van der Waals surface area contributed by atoms with Gasteiger partial charge in [-0.2, -0.15) is 0 Å². The second-order valence-electron chi connectivity index (χ2n) is 2.73. The van der Waals surface area contributed by atoms with E-state index < -0.39 is 25.8 Å². The normalized spacial score (nSPS) is 16.4. The van der Waals surface area contributed by atoms with E-state index in [-0.39, 0.29) is 12.8 Å². The van der Waals surface area contributed by atoms with Gasteiger partial charge < -0.3 is 15.7 Å². The van der Waals surface area contributed by atoms with Crippen molar-refractivity contribution in [2.45, 2.75) is 31.1 Å². The van der Waals surface area contributed by atoms with E-state index in [1.54, 1.807) is 0 Å². The molecule has 0 aliphatic heterocycles. The molecule has 0 aromatic rings. The van der Waals surface area contributed by atoms with Crippen LogP contribution < -0.4 is 16.4 Å². The van der Waals surface area contributed by atoms with Gasteiger partial charge in [0.05, 0.1) is 0 Å². The van der Waals surface area contributed by atoms with Gasteiger partial charge in [0, 0.05) is 6.42 Å². The molecule has 0 fully saturated rings. The predicted octanol–water partition coefficient (Wildman–Crippen LogP) is -1.04. The molecule has 0 heterocycles. The number of carboxylic acids is 1. The Morgan fingerprint density at radius 3 is 2.38 bits per heavy atom. The molecule has 0 bridgehead atoms. The van der Waals surface area contributed by atoms with E-state index in [1.807, 2.05) is 0 Å². The third kappa shape index (κ3) is 5.65. The number of rotatable bonds is 6. The maximum absolute atomic E-state index is 10.3. The maximum Gasteiger partial charge on any atom is 0.327 e. The lowest BCUT2D eigenvalue weighted by molar-refractivity contribution is -0.166. The molecule has 0 radical (unpaired) electrons. The average Bonchev–Trinajstić information content (AvgIpc) is 2.03. The average molecular weight is 208 g/mol. The Bertz CT molecular complexity index is 179. The number of aliphatic carboxylic acids is 1. The van der Waals surface area contributed by atoms with E-state index >= 15 is 0 Å². The monoisotopic (exact) mass is 208 g/mol. The first-order chi connectivity index (χ1) is 5.95. The molecule has 0 saturated carbocycles. The number of carbonyl (C=O) groups is 1. The van der Waals surface area contributed by atoms with Crippen LogP contribution in [0.15, 0.2) is 0 Å². The SMILES string of the molecule is NC(CCC[C@H](N)C(=O)O)[P+](=O)[O-]. The Balaban J connectivity index is 3.56. The van der Waals surface area contributed by atoms with Gasteiger partial charge in [0.1, 0.15) is 6.04 Å². The van der Waals surface area contributed by atoms with E-state index in [9.17, 15) is 14.3 Å². The summed E-state index contributed by atoms with van der Waals surface area (Å²) >= 11 is 0. The summed E-state index contributed by atoms with van der Waals surface area (Å²) in [7, 11) is -2.62. The molecule has 3 atom stereocenters. The largest absolute Gasteiger partial charge is 0.594 e. The molecule has 0 rings (SSSR count). The number of carboxylic acid groups (broad SMARTS) is 1. The van der Waals surface area contributed by atoms with Gasteiger partial charge in [0.25, 0.3) is 0 Å². The molecule has 0 amide bonds. The minimum atomic E-state index is -2.62. The molecule has 76 valence electrons. The van der Waals surface area contributed by atoms with Crippen LogP contribution >= 0.6 is 8.03 Å². The lowest BCUT2D eigenvalue weighted by Crippen LogP contribution is -2.30. The summed E-state index contributed by atoms with van der Waals surface area (Å²) in [6, 6.07) is -0.934. The van der Waals surface area contributed by atoms with Crippen molar-refractivity contribution in [2.75, 3.05) is 0 Å². The van der Waals surface area contributed by atoms with Crippen LogP contribution in [0.25, 0.3) is 0 Å². The maximum atomic E-state index is 10.3. The highest BCUT2D eigenvalue weighted by atomic mass is 31.1. The van der Waals surface area contributed by atoms with Crippen molar-refractivity contribution in [1.29, 1.82) is 0 Å². The van der Waals surface area contributed by atoms with Crippen molar-refractivity contribution >= 4 is 14.0 Å². The van der Waals surface area contributed by atoms with Crippen molar-refractivity contribution in [1.82, 2.24) is 0 Å². The van der Waals surface area contributed by atoms with Crippen LogP contribution in [0.4, 0.5) is 0 Å². The first kappa shape index (κ1) is 12.4. The smallest absolute Gasteiger partial charge is 0.327 e. The second-order valence-corrected chi connectivity index (χ2v) is 3.96. The fourth-order valence-electron chi connectivity index (χ4n) is 0.776. The topological polar surface area (TPSA) is 129 Å². The molecule has 0 spiro atoms. The van der Waals surface area contributed by atoms with Crippen molar-refractivity contribution in [3.8, 4) is 0 Å². The Morgan fingerprint density at radius 1 is 1.46 bits per heavy atom. The van der Waals surface area contributed by atoms with Crippen molar-refractivity contribution < 1.29 is 19.4 Å².